The van der Waals surface area contributed by atoms with E-state index >= 15 is 0 Å². The van der Waals surface area contributed by atoms with Crippen molar-refractivity contribution in [3.63, 3.8) is 0 Å². The molecular formula is C14H15N3O3. The normalized spacial score (nSPS) is 10.2. The maximum atomic E-state index is 12.1. The molecule has 0 fully saturated rings. The van der Waals surface area contributed by atoms with Gasteiger partial charge in [-0.1, -0.05) is 12.1 Å². The van der Waals surface area contributed by atoms with Crippen LogP contribution in [-0.4, -0.2) is 17.1 Å². The molecule has 0 unspecified atom stereocenters. The van der Waals surface area contributed by atoms with Crippen LogP contribution in [0.15, 0.2) is 47.4 Å². The van der Waals surface area contributed by atoms with Crippen LogP contribution >= 0.6 is 0 Å². The van der Waals surface area contributed by atoms with E-state index in [-0.39, 0.29) is 17.9 Å². The summed E-state index contributed by atoms with van der Waals surface area (Å²) in [7, 11) is 0. The van der Waals surface area contributed by atoms with Crippen LogP contribution in [0.3, 0.4) is 0 Å². The number of benzene rings is 1. The van der Waals surface area contributed by atoms with Gasteiger partial charge < -0.3 is 20.8 Å². The maximum absolute atomic E-state index is 12.1. The third-order valence-electron chi connectivity index (χ3n) is 2.69. The Kier molecular flexibility index (Phi) is 4.05. The Balaban J connectivity index is 2.20. The van der Waals surface area contributed by atoms with Gasteiger partial charge in [0.2, 0.25) is 0 Å². The number of pyridine rings is 1. The summed E-state index contributed by atoms with van der Waals surface area (Å²) in [6.07, 6.45) is 1.65. The van der Waals surface area contributed by atoms with Crippen molar-refractivity contribution in [3.05, 3.63) is 58.5 Å². The molecule has 0 atom stereocenters. The van der Waals surface area contributed by atoms with Crippen molar-refractivity contribution in [1.82, 2.24) is 4.57 Å². The number of carbonyl (C=O) groups is 1. The maximum Gasteiger partial charge on any atom is 0.293 e. The highest BCUT2D eigenvalue weighted by atomic mass is 16.5. The second-order valence-electron chi connectivity index (χ2n) is 4.30. The number of primary amides is 1. The zero-order valence-electron chi connectivity index (χ0n) is 10.8. The first kappa shape index (κ1) is 13.7. The number of nitrogens with two attached hydrogens (primary N) is 2. The van der Waals surface area contributed by atoms with Crippen LogP contribution in [0.1, 0.15) is 5.56 Å². The largest absolute Gasteiger partial charge is 0.478 e. The standard InChI is InChI=1S/C14H15N3O3/c15-11-5-3-10(4-6-11)8-17-7-1-2-12(14(17)19)20-9-13(16)18/h1-7H,8-9,15H2,(H2,16,18). The highest BCUT2D eigenvalue weighted by Crippen LogP contribution is 2.08. The fourth-order valence-corrected chi connectivity index (χ4v) is 1.72. The summed E-state index contributed by atoms with van der Waals surface area (Å²) in [4.78, 5) is 22.8. The number of rotatable bonds is 5. The van der Waals surface area contributed by atoms with E-state index in [0.717, 1.165) is 5.56 Å². The Bertz CT molecular complexity index is 662. The summed E-state index contributed by atoms with van der Waals surface area (Å²) >= 11 is 0. The molecule has 1 heterocycles. The van der Waals surface area contributed by atoms with Crippen molar-refractivity contribution >= 4 is 11.6 Å². The summed E-state index contributed by atoms with van der Waals surface area (Å²) in [5.41, 5.74) is 11.9. The van der Waals surface area contributed by atoms with E-state index in [1.165, 1.54) is 10.6 Å². The van der Waals surface area contributed by atoms with E-state index in [0.29, 0.717) is 12.2 Å². The fourth-order valence-electron chi connectivity index (χ4n) is 1.72. The van der Waals surface area contributed by atoms with Gasteiger partial charge >= 0.3 is 0 Å². The monoisotopic (exact) mass is 273 g/mol. The molecule has 0 saturated carbocycles. The van der Waals surface area contributed by atoms with Crippen LogP contribution in [0.4, 0.5) is 5.69 Å². The molecule has 0 spiro atoms. The second-order valence-corrected chi connectivity index (χ2v) is 4.30. The van der Waals surface area contributed by atoms with Gasteiger partial charge in [-0.15, -0.1) is 0 Å². The SMILES string of the molecule is NC(=O)COc1cccn(Cc2ccc(N)cc2)c1=O. The highest BCUT2D eigenvalue weighted by Gasteiger charge is 2.06. The summed E-state index contributed by atoms with van der Waals surface area (Å²) in [6.45, 7) is 0.0774. The number of carbonyl (C=O) groups excluding carboxylic acids is 1. The second kappa shape index (κ2) is 5.92. The minimum atomic E-state index is -0.627. The number of nitrogen functional groups attached to an aromatic ring is 1. The Labute approximate surface area is 115 Å². The van der Waals surface area contributed by atoms with Crippen LogP contribution in [0.25, 0.3) is 0 Å². The number of aromatic nitrogens is 1. The zero-order valence-corrected chi connectivity index (χ0v) is 10.8. The third-order valence-corrected chi connectivity index (χ3v) is 2.69. The lowest BCUT2D eigenvalue weighted by Crippen LogP contribution is -2.26. The third kappa shape index (κ3) is 3.38. The minimum absolute atomic E-state index is 0.0988. The lowest BCUT2D eigenvalue weighted by Gasteiger charge is -2.09. The van der Waals surface area contributed by atoms with Gasteiger partial charge in [0.15, 0.2) is 12.4 Å². The van der Waals surface area contributed by atoms with Crippen LogP contribution in [0.5, 0.6) is 5.75 Å². The number of hydrogen-bond acceptors (Lipinski definition) is 4. The summed E-state index contributed by atoms with van der Waals surface area (Å²) in [5.74, 6) is -0.528. The van der Waals surface area contributed by atoms with Gasteiger partial charge in [-0.05, 0) is 29.8 Å². The van der Waals surface area contributed by atoms with E-state index in [1.807, 2.05) is 12.1 Å². The number of ether oxygens (including phenoxy) is 1. The molecule has 0 aliphatic carbocycles. The minimum Gasteiger partial charge on any atom is -0.478 e. The Morgan fingerprint density at radius 3 is 2.55 bits per heavy atom. The molecule has 104 valence electrons. The summed E-state index contributed by atoms with van der Waals surface area (Å²) < 4.78 is 6.56. The first-order valence-electron chi connectivity index (χ1n) is 6.01. The van der Waals surface area contributed by atoms with Gasteiger partial charge in [0.05, 0.1) is 6.54 Å². The molecule has 0 radical (unpaired) electrons. The predicted octanol–water partition coefficient (Wildman–Crippen LogP) is 0.343. The molecule has 0 aliphatic heterocycles. The average molecular weight is 273 g/mol. The summed E-state index contributed by atoms with van der Waals surface area (Å²) in [6, 6.07) is 10.4. The Morgan fingerprint density at radius 2 is 1.90 bits per heavy atom. The van der Waals surface area contributed by atoms with E-state index in [2.05, 4.69) is 0 Å². The Hall–Kier alpha value is -2.76. The number of nitrogens with zero attached hydrogens (tertiary/aromatic N) is 1. The highest BCUT2D eigenvalue weighted by molar-refractivity contribution is 5.75. The van der Waals surface area contributed by atoms with Gasteiger partial charge in [0.25, 0.3) is 11.5 Å². The number of amides is 1. The van der Waals surface area contributed by atoms with Crippen molar-refractivity contribution in [2.45, 2.75) is 6.54 Å². The molecule has 2 aromatic rings. The molecule has 6 heteroatoms. The molecule has 2 rings (SSSR count). The molecule has 0 bridgehead atoms. The van der Waals surface area contributed by atoms with Crippen LogP contribution < -0.4 is 21.8 Å². The average Bonchev–Trinajstić information content (AvgIpc) is 2.42. The first-order valence-corrected chi connectivity index (χ1v) is 6.01. The van der Waals surface area contributed by atoms with Crippen molar-refractivity contribution in [2.24, 2.45) is 5.73 Å². The quantitative estimate of drug-likeness (QED) is 0.767. The lowest BCUT2D eigenvalue weighted by atomic mass is 10.2. The van der Waals surface area contributed by atoms with Crippen LogP contribution in [0, 0.1) is 0 Å². The lowest BCUT2D eigenvalue weighted by molar-refractivity contribution is -0.119. The van der Waals surface area contributed by atoms with Crippen molar-refractivity contribution < 1.29 is 9.53 Å². The van der Waals surface area contributed by atoms with Crippen molar-refractivity contribution in [2.75, 3.05) is 12.3 Å². The topological polar surface area (TPSA) is 100 Å². The molecule has 6 nitrogen and oxygen atoms in total. The van der Waals surface area contributed by atoms with Crippen LogP contribution in [-0.2, 0) is 11.3 Å². The van der Waals surface area contributed by atoms with E-state index in [9.17, 15) is 9.59 Å². The zero-order chi connectivity index (χ0) is 14.5. The smallest absolute Gasteiger partial charge is 0.293 e. The van der Waals surface area contributed by atoms with Gasteiger partial charge in [-0.3, -0.25) is 9.59 Å². The summed E-state index contributed by atoms with van der Waals surface area (Å²) in [5, 5.41) is 0. The van der Waals surface area contributed by atoms with E-state index in [1.54, 1.807) is 24.4 Å². The van der Waals surface area contributed by atoms with E-state index in [4.69, 9.17) is 16.2 Å². The number of anilines is 1. The van der Waals surface area contributed by atoms with Gasteiger partial charge in [0, 0.05) is 11.9 Å². The molecular weight excluding hydrogens is 258 g/mol. The molecule has 0 aliphatic rings. The predicted molar refractivity (Wildman–Crippen MR) is 75.3 cm³/mol. The van der Waals surface area contributed by atoms with Gasteiger partial charge in [0.1, 0.15) is 0 Å². The van der Waals surface area contributed by atoms with Gasteiger partial charge in [-0.25, -0.2) is 0 Å². The molecule has 20 heavy (non-hydrogen) atoms. The molecule has 1 aromatic heterocycles. The number of hydrogen-bond donors (Lipinski definition) is 2. The molecule has 1 amide bonds. The van der Waals surface area contributed by atoms with Gasteiger partial charge in [-0.2, -0.15) is 0 Å². The molecule has 1 aromatic carbocycles. The first-order chi connectivity index (χ1) is 9.56. The fraction of sp³-hybridized carbons (Fsp3) is 0.143. The van der Waals surface area contributed by atoms with Crippen molar-refractivity contribution in [1.29, 1.82) is 0 Å². The Morgan fingerprint density at radius 1 is 1.20 bits per heavy atom. The molecule has 4 N–H and O–H groups in total. The van der Waals surface area contributed by atoms with E-state index < -0.39 is 5.91 Å². The van der Waals surface area contributed by atoms with Crippen molar-refractivity contribution in [3.8, 4) is 5.75 Å². The molecule has 0 saturated heterocycles. The van der Waals surface area contributed by atoms with Crippen LogP contribution in [0.2, 0.25) is 0 Å².